The van der Waals surface area contributed by atoms with E-state index in [1.807, 2.05) is 0 Å². The molecule has 3 fully saturated rings. The van der Waals surface area contributed by atoms with Crippen LogP contribution in [0.5, 0.6) is 0 Å². The lowest BCUT2D eigenvalue weighted by Gasteiger charge is -2.32. The SMILES string of the molecule is O=C([C@@H]1C[C@@H](F)CN1c1ncnc2c1ncn2C1CC1)N1CCOCC1. The summed E-state index contributed by atoms with van der Waals surface area (Å²) in [5.74, 6) is 0.503. The van der Waals surface area contributed by atoms with Crippen molar-refractivity contribution in [1.29, 1.82) is 0 Å². The topological polar surface area (TPSA) is 76.4 Å². The molecule has 3 aliphatic rings. The second-order valence-corrected chi connectivity index (χ2v) is 7.19. The van der Waals surface area contributed by atoms with E-state index in [9.17, 15) is 9.18 Å². The first-order chi connectivity index (χ1) is 12.7. The van der Waals surface area contributed by atoms with Crippen LogP contribution in [0.4, 0.5) is 10.2 Å². The minimum Gasteiger partial charge on any atom is -0.378 e. The molecule has 4 heterocycles. The van der Waals surface area contributed by atoms with Crippen LogP contribution in [-0.4, -0.2) is 75.4 Å². The predicted octanol–water partition coefficient (Wildman–Crippen LogP) is 0.937. The number of rotatable bonds is 3. The Bertz CT molecular complexity index is 832. The van der Waals surface area contributed by atoms with Crippen LogP contribution in [0.3, 0.4) is 0 Å². The molecule has 2 aliphatic heterocycles. The third-order valence-electron chi connectivity index (χ3n) is 5.41. The van der Waals surface area contributed by atoms with Crippen LogP contribution < -0.4 is 4.90 Å². The van der Waals surface area contributed by atoms with Crippen molar-refractivity contribution < 1.29 is 13.9 Å². The van der Waals surface area contributed by atoms with Crippen LogP contribution in [0, 0.1) is 0 Å². The van der Waals surface area contributed by atoms with E-state index in [0.717, 1.165) is 18.5 Å². The second-order valence-electron chi connectivity index (χ2n) is 7.19. The first-order valence-corrected chi connectivity index (χ1v) is 9.17. The molecule has 1 amide bonds. The summed E-state index contributed by atoms with van der Waals surface area (Å²) >= 11 is 0. The van der Waals surface area contributed by atoms with Gasteiger partial charge in [-0.25, -0.2) is 19.3 Å². The number of fused-ring (bicyclic) bond motifs is 1. The Hall–Kier alpha value is -2.29. The summed E-state index contributed by atoms with van der Waals surface area (Å²) in [5, 5.41) is 0. The molecule has 0 N–H and O–H groups in total. The Labute approximate surface area is 150 Å². The molecule has 5 rings (SSSR count). The quantitative estimate of drug-likeness (QED) is 0.811. The van der Waals surface area contributed by atoms with Crippen molar-refractivity contribution in [2.24, 2.45) is 0 Å². The van der Waals surface area contributed by atoms with Crippen LogP contribution in [0.1, 0.15) is 25.3 Å². The fourth-order valence-corrected chi connectivity index (χ4v) is 3.92. The third kappa shape index (κ3) is 2.61. The number of imidazole rings is 1. The van der Waals surface area contributed by atoms with Gasteiger partial charge in [0.25, 0.3) is 0 Å². The number of amides is 1. The van der Waals surface area contributed by atoms with E-state index in [-0.39, 0.29) is 18.9 Å². The molecule has 0 radical (unpaired) electrons. The van der Waals surface area contributed by atoms with E-state index in [2.05, 4.69) is 19.5 Å². The third-order valence-corrected chi connectivity index (χ3v) is 5.41. The molecule has 138 valence electrons. The number of nitrogens with zero attached hydrogens (tertiary/aromatic N) is 6. The number of morpholine rings is 1. The van der Waals surface area contributed by atoms with Crippen LogP contribution >= 0.6 is 0 Å². The number of carbonyl (C=O) groups excluding carboxylic acids is 1. The Balaban J connectivity index is 1.49. The van der Waals surface area contributed by atoms with Crippen molar-refractivity contribution in [3.63, 3.8) is 0 Å². The van der Waals surface area contributed by atoms with Gasteiger partial charge >= 0.3 is 0 Å². The average Bonchev–Trinajstić information content (AvgIpc) is 3.30. The van der Waals surface area contributed by atoms with Gasteiger partial charge in [-0.2, -0.15) is 0 Å². The summed E-state index contributed by atoms with van der Waals surface area (Å²) in [6.45, 7) is 2.32. The smallest absolute Gasteiger partial charge is 0.245 e. The van der Waals surface area contributed by atoms with Gasteiger partial charge < -0.3 is 19.1 Å². The van der Waals surface area contributed by atoms with E-state index in [1.54, 1.807) is 16.1 Å². The summed E-state index contributed by atoms with van der Waals surface area (Å²) in [5.41, 5.74) is 1.41. The molecule has 26 heavy (non-hydrogen) atoms. The van der Waals surface area contributed by atoms with Crippen molar-refractivity contribution in [3.8, 4) is 0 Å². The summed E-state index contributed by atoms with van der Waals surface area (Å²) in [4.78, 5) is 29.7. The van der Waals surface area contributed by atoms with Crippen molar-refractivity contribution in [3.05, 3.63) is 12.7 Å². The summed E-state index contributed by atoms with van der Waals surface area (Å²) in [7, 11) is 0. The molecule has 0 bridgehead atoms. The lowest BCUT2D eigenvalue weighted by atomic mass is 10.1. The zero-order chi connectivity index (χ0) is 17.7. The van der Waals surface area contributed by atoms with Crippen molar-refractivity contribution in [2.75, 3.05) is 37.7 Å². The standard InChI is InChI=1S/C17H21FN6O2/c18-11-7-13(17(25)22-3-5-26-6-4-22)23(8-11)15-14-16(20-9-19-15)24(10-21-14)12-1-2-12/h9-13H,1-8H2/t11-,13+/m1/s1. The molecular formula is C17H21FN6O2. The molecule has 1 saturated carbocycles. The summed E-state index contributed by atoms with van der Waals surface area (Å²) in [6, 6.07) is -0.103. The maximum Gasteiger partial charge on any atom is 0.245 e. The van der Waals surface area contributed by atoms with E-state index >= 15 is 0 Å². The van der Waals surface area contributed by atoms with E-state index < -0.39 is 12.2 Å². The van der Waals surface area contributed by atoms with Gasteiger partial charge in [0.15, 0.2) is 17.0 Å². The minimum atomic E-state index is -1.06. The fraction of sp³-hybridized carbons (Fsp3) is 0.647. The van der Waals surface area contributed by atoms with Gasteiger partial charge in [0.1, 0.15) is 18.5 Å². The molecule has 2 saturated heterocycles. The highest BCUT2D eigenvalue weighted by Gasteiger charge is 2.41. The largest absolute Gasteiger partial charge is 0.378 e. The number of aromatic nitrogens is 4. The molecule has 0 aromatic carbocycles. The van der Waals surface area contributed by atoms with E-state index in [4.69, 9.17) is 4.74 Å². The van der Waals surface area contributed by atoms with Crippen molar-refractivity contribution >= 4 is 22.9 Å². The highest BCUT2D eigenvalue weighted by atomic mass is 19.1. The number of alkyl halides is 1. The zero-order valence-corrected chi connectivity index (χ0v) is 14.4. The Morgan fingerprint density at radius 3 is 2.77 bits per heavy atom. The second kappa shape index (κ2) is 6.15. The monoisotopic (exact) mass is 360 g/mol. The molecule has 0 spiro atoms. The van der Waals surface area contributed by atoms with Gasteiger partial charge in [-0.1, -0.05) is 0 Å². The van der Waals surface area contributed by atoms with Gasteiger partial charge in [-0.15, -0.1) is 0 Å². The lowest BCUT2D eigenvalue weighted by molar-refractivity contribution is -0.136. The fourth-order valence-electron chi connectivity index (χ4n) is 3.92. The van der Waals surface area contributed by atoms with Crippen LogP contribution in [0.25, 0.3) is 11.2 Å². The van der Waals surface area contributed by atoms with Gasteiger partial charge in [-0.3, -0.25) is 4.79 Å². The first-order valence-electron chi connectivity index (χ1n) is 9.17. The van der Waals surface area contributed by atoms with Crippen molar-refractivity contribution in [2.45, 2.75) is 37.5 Å². The molecule has 2 aromatic heterocycles. The number of carbonyl (C=O) groups is 1. The minimum absolute atomic E-state index is 0.0539. The zero-order valence-electron chi connectivity index (χ0n) is 14.4. The number of hydrogen-bond acceptors (Lipinski definition) is 6. The highest BCUT2D eigenvalue weighted by molar-refractivity contribution is 5.90. The molecule has 0 unspecified atom stereocenters. The molecule has 2 aromatic rings. The van der Waals surface area contributed by atoms with E-state index in [0.29, 0.717) is 43.7 Å². The van der Waals surface area contributed by atoms with Crippen molar-refractivity contribution in [1.82, 2.24) is 24.4 Å². The molecule has 8 nitrogen and oxygen atoms in total. The summed E-state index contributed by atoms with van der Waals surface area (Å²) in [6.07, 6.45) is 4.65. The van der Waals surface area contributed by atoms with Gasteiger partial charge in [-0.05, 0) is 12.8 Å². The predicted molar refractivity (Wildman–Crippen MR) is 91.6 cm³/mol. The van der Waals surface area contributed by atoms with E-state index in [1.165, 1.54) is 6.33 Å². The number of ether oxygens (including phenoxy) is 1. The average molecular weight is 360 g/mol. The molecule has 9 heteroatoms. The lowest BCUT2D eigenvalue weighted by Crippen LogP contribution is -2.50. The first kappa shape index (κ1) is 15.9. The molecule has 2 atom stereocenters. The summed E-state index contributed by atoms with van der Waals surface area (Å²) < 4.78 is 21.7. The van der Waals surface area contributed by atoms with Crippen LogP contribution in [0.2, 0.25) is 0 Å². The van der Waals surface area contributed by atoms with Gasteiger partial charge in [0, 0.05) is 25.6 Å². The Kier molecular flexibility index (Phi) is 3.77. The Morgan fingerprint density at radius 1 is 1.19 bits per heavy atom. The molecule has 1 aliphatic carbocycles. The maximum atomic E-state index is 14.3. The van der Waals surface area contributed by atoms with Gasteiger partial charge in [0.05, 0.1) is 26.1 Å². The number of anilines is 1. The number of hydrogen-bond donors (Lipinski definition) is 0. The highest BCUT2D eigenvalue weighted by Crippen LogP contribution is 2.38. The van der Waals surface area contributed by atoms with Crippen LogP contribution in [0.15, 0.2) is 12.7 Å². The molecular weight excluding hydrogens is 339 g/mol. The Morgan fingerprint density at radius 2 is 2.00 bits per heavy atom. The van der Waals surface area contributed by atoms with Gasteiger partial charge in [0.2, 0.25) is 5.91 Å². The number of halogens is 1. The normalized spacial score (nSPS) is 26.7. The van der Waals surface area contributed by atoms with Crippen LogP contribution in [-0.2, 0) is 9.53 Å². The maximum absolute atomic E-state index is 14.3.